The molecule has 1 atom stereocenters. The average molecular weight is 479 g/mol. The lowest BCUT2D eigenvalue weighted by Gasteiger charge is -2.30. The summed E-state index contributed by atoms with van der Waals surface area (Å²) in [5.74, 6) is 0.419. The molecule has 0 bridgehead atoms. The van der Waals surface area contributed by atoms with Crippen LogP contribution in [-0.2, 0) is 24.4 Å². The monoisotopic (exact) mass is 478 g/mol. The molecule has 0 radical (unpaired) electrons. The summed E-state index contributed by atoms with van der Waals surface area (Å²) < 4.78 is 20.5. The summed E-state index contributed by atoms with van der Waals surface area (Å²) in [4.78, 5) is 18.3. The standard InChI is InChI=1S/C26H31FN6O2/c1-5-24(25-29-30-31-33(25)10-11-35-4)32(15-19-6-8-22(27)9-7-19)16-21-14-20-12-17(2)18(3)13-23(20)28-26(21)34/h6-9,12-14,24H,5,10-11,15-16H2,1-4H3,(H,28,34)/t24-/m0/s1. The Kier molecular flexibility index (Phi) is 7.67. The summed E-state index contributed by atoms with van der Waals surface area (Å²) in [6.45, 7) is 8.04. The molecule has 0 amide bonds. The lowest BCUT2D eigenvalue weighted by molar-refractivity contribution is 0.151. The Labute approximate surface area is 203 Å². The van der Waals surface area contributed by atoms with Gasteiger partial charge in [-0.05, 0) is 83.1 Å². The van der Waals surface area contributed by atoms with E-state index in [4.69, 9.17) is 4.74 Å². The molecule has 0 unspecified atom stereocenters. The summed E-state index contributed by atoms with van der Waals surface area (Å²) in [6, 6.07) is 12.3. The topological polar surface area (TPSA) is 88.9 Å². The van der Waals surface area contributed by atoms with E-state index in [9.17, 15) is 9.18 Å². The maximum atomic E-state index is 13.6. The Morgan fingerprint density at radius 1 is 1.11 bits per heavy atom. The maximum absolute atomic E-state index is 13.6. The summed E-state index contributed by atoms with van der Waals surface area (Å²) in [5, 5.41) is 13.3. The number of hydrogen-bond donors (Lipinski definition) is 1. The molecular weight excluding hydrogens is 447 g/mol. The van der Waals surface area contributed by atoms with Gasteiger partial charge in [-0.15, -0.1) is 5.10 Å². The number of pyridine rings is 1. The molecule has 1 N–H and O–H groups in total. The second-order valence-electron chi connectivity index (χ2n) is 8.86. The smallest absolute Gasteiger partial charge is 0.252 e. The molecule has 9 heteroatoms. The van der Waals surface area contributed by atoms with Crippen molar-refractivity contribution in [2.24, 2.45) is 0 Å². The lowest BCUT2D eigenvalue weighted by Crippen LogP contribution is -2.32. The third kappa shape index (κ3) is 5.63. The van der Waals surface area contributed by atoms with Gasteiger partial charge in [-0.3, -0.25) is 9.69 Å². The number of benzene rings is 2. The van der Waals surface area contributed by atoms with Gasteiger partial charge in [0.2, 0.25) is 0 Å². The number of hydrogen-bond acceptors (Lipinski definition) is 6. The van der Waals surface area contributed by atoms with Crippen molar-refractivity contribution in [1.29, 1.82) is 0 Å². The highest BCUT2D eigenvalue weighted by molar-refractivity contribution is 5.80. The predicted molar refractivity (Wildman–Crippen MR) is 132 cm³/mol. The molecule has 2 aromatic heterocycles. The van der Waals surface area contributed by atoms with E-state index in [1.807, 2.05) is 19.1 Å². The van der Waals surface area contributed by atoms with Gasteiger partial charge in [-0.25, -0.2) is 9.07 Å². The Bertz CT molecular complexity index is 1350. The van der Waals surface area contributed by atoms with E-state index in [0.717, 1.165) is 28.5 Å². The SMILES string of the molecule is CC[C@@H](c1nnnn1CCOC)N(Cc1ccc(F)cc1)Cc1cc2cc(C)c(C)cc2[nH]c1=O. The minimum absolute atomic E-state index is 0.126. The maximum Gasteiger partial charge on any atom is 0.252 e. The van der Waals surface area contributed by atoms with Gasteiger partial charge < -0.3 is 9.72 Å². The van der Waals surface area contributed by atoms with Crippen LogP contribution in [-0.4, -0.2) is 43.8 Å². The van der Waals surface area contributed by atoms with E-state index in [1.54, 1.807) is 23.9 Å². The molecule has 0 spiro atoms. The van der Waals surface area contributed by atoms with Gasteiger partial charge in [-0.2, -0.15) is 0 Å². The van der Waals surface area contributed by atoms with E-state index in [2.05, 4.69) is 45.3 Å². The number of rotatable bonds is 10. The fourth-order valence-corrected chi connectivity index (χ4v) is 4.35. The quantitative estimate of drug-likeness (QED) is 0.370. The summed E-state index contributed by atoms with van der Waals surface area (Å²) >= 11 is 0. The molecule has 184 valence electrons. The van der Waals surface area contributed by atoms with Crippen LogP contribution in [0.2, 0.25) is 0 Å². The van der Waals surface area contributed by atoms with Crippen molar-refractivity contribution in [3.05, 3.63) is 86.7 Å². The number of fused-ring (bicyclic) bond motifs is 1. The van der Waals surface area contributed by atoms with Crippen LogP contribution in [0, 0.1) is 19.7 Å². The fourth-order valence-electron chi connectivity index (χ4n) is 4.35. The Morgan fingerprint density at radius 2 is 1.86 bits per heavy atom. The minimum atomic E-state index is -0.285. The molecule has 0 fully saturated rings. The zero-order valence-corrected chi connectivity index (χ0v) is 20.6. The zero-order chi connectivity index (χ0) is 24.9. The number of H-pyrrole nitrogens is 1. The number of aromatic nitrogens is 5. The van der Waals surface area contributed by atoms with E-state index in [0.29, 0.717) is 37.6 Å². The van der Waals surface area contributed by atoms with Crippen molar-refractivity contribution in [1.82, 2.24) is 30.1 Å². The molecule has 35 heavy (non-hydrogen) atoms. The molecular formula is C26H31FN6O2. The number of tetrazole rings is 1. The van der Waals surface area contributed by atoms with Gasteiger partial charge in [0, 0.05) is 31.3 Å². The number of aromatic amines is 1. The van der Waals surface area contributed by atoms with Gasteiger partial charge in [0.05, 0.1) is 19.2 Å². The highest BCUT2D eigenvalue weighted by Crippen LogP contribution is 2.27. The van der Waals surface area contributed by atoms with Crippen molar-refractivity contribution < 1.29 is 9.13 Å². The van der Waals surface area contributed by atoms with Crippen LogP contribution in [0.3, 0.4) is 0 Å². The lowest BCUT2D eigenvalue weighted by atomic mass is 10.0. The van der Waals surface area contributed by atoms with Crippen LogP contribution in [0.25, 0.3) is 10.9 Å². The first-order valence-corrected chi connectivity index (χ1v) is 11.8. The number of nitrogens with zero attached hydrogens (tertiary/aromatic N) is 5. The summed E-state index contributed by atoms with van der Waals surface area (Å²) in [7, 11) is 1.64. The number of aryl methyl sites for hydroxylation is 2. The number of methoxy groups -OCH3 is 1. The number of halogens is 1. The number of ether oxygens (including phenoxy) is 1. The molecule has 2 aromatic carbocycles. The van der Waals surface area contributed by atoms with Crippen LogP contribution >= 0.6 is 0 Å². The second kappa shape index (κ2) is 10.9. The van der Waals surface area contributed by atoms with Crippen LogP contribution in [0.15, 0.2) is 47.3 Å². The van der Waals surface area contributed by atoms with Crippen molar-refractivity contribution in [3.8, 4) is 0 Å². The highest BCUT2D eigenvalue weighted by atomic mass is 19.1. The first-order valence-electron chi connectivity index (χ1n) is 11.8. The van der Waals surface area contributed by atoms with E-state index >= 15 is 0 Å². The first-order chi connectivity index (χ1) is 16.9. The van der Waals surface area contributed by atoms with E-state index < -0.39 is 0 Å². The van der Waals surface area contributed by atoms with E-state index in [-0.39, 0.29) is 17.4 Å². The molecule has 0 aliphatic rings. The predicted octanol–water partition coefficient (Wildman–Crippen LogP) is 4.07. The summed E-state index contributed by atoms with van der Waals surface area (Å²) in [6.07, 6.45) is 0.721. The molecule has 0 saturated heterocycles. The van der Waals surface area contributed by atoms with Crippen LogP contribution in [0.5, 0.6) is 0 Å². The van der Waals surface area contributed by atoms with Crippen molar-refractivity contribution in [3.63, 3.8) is 0 Å². The van der Waals surface area contributed by atoms with Gasteiger partial charge >= 0.3 is 0 Å². The zero-order valence-electron chi connectivity index (χ0n) is 20.6. The molecule has 0 aliphatic heterocycles. The van der Waals surface area contributed by atoms with Crippen LogP contribution < -0.4 is 5.56 Å². The fraction of sp³-hybridized carbons (Fsp3) is 0.385. The number of nitrogens with one attached hydrogen (secondary N) is 1. The Morgan fingerprint density at radius 3 is 2.57 bits per heavy atom. The molecule has 0 aliphatic carbocycles. The highest BCUT2D eigenvalue weighted by Gasteiger charge is 2.26. The third-order valence-electron chi connectivity index (χ3n) is 6.40. The molecule has 8 nitrogen and oxygen atoms in total. The van der Waals surface area contributed by atoms with Gasteiger partial charge in [0.15, 0.2) is 5.82 Å². The molecule has 0 saturated carbocycles. The average Bonchev–Trinajstić information content (AvgIpc) is 3.29. The van der Waals surface area contributed by atoms with Gasteiger partial charge in [-0.1, -0.05) is 19.1 Å². The van der Waals surface area contributed by atoms with Crippen molar-refractivity contribution in [2.75, 3.05) is 13.7 Å². The molecule has 4 aromatic rings. The van der Waals surface area contributed by atoms with Crippen molar-refractivity contribution >= 4 is 10.9 Å². The van der Waals surface area contributed by atoms with Gasteiger partial charge in [0.1, 0.15) is 5.82 Å². The minimum Gasteiger partial charge on any atom is -0.383 e. The van der Waals surface area contributed by atoms with Crippen LogP contribution in [0.4, 0.5) is 4.39 Å². The molecule has 4 rings (SSSR count). The normalized spacial score (nSPS) is 12.5. The van der Waals surface area contributed by atoms with E-state index in [1.165, 1.54) is 17.7 Å². The molecule has 2 heterocycles. The Balaban J connectivity index is 1.73. The largest absolute Gasteiger partial charge is 0.383 e. The summed E-state index contributed by atoms with van der Waals surface area (Å²) in [5.41, 5.74) is 4.58. The van der Waals surface area contributed by atoms with Gasteiger partial charge in [0.25, 0.3) is 5.56 Å². The van der Waals surface area contributed by atoms with Crippen LogP contribution in [0.1, 0.15) is 47.5 Å². The second-order valence-corrected chi connectivity index (χ2v) is 8.86. The first kappa shape index (κ1) is 24.7. The Hall–Kier alpha value is -3.43. The third-order valence-corrected chi connectivity index (χ3v) is 6.40. The van der Waals surface area contributed by atoms with Crippen molar-refractivity contribution in [2.45, 2.75) is 52.9 Å².